The second-order valence-electron chi connectivity index (χ2n) is 9.70. The molecule has 0 bridgehead atoms. The highest BCUT2D eigenvalue weighted by Gasteiger charge is 2.37. The maximum atomic E-state index is 14.2. The van der Waals surface area contributed by atoms with E-state index in [0.717, 1.165) is 5.56 Å². The molecular formula is C30H32FN3O3. The van der Waals surface area contributed by atoms with Gasteiger partial charge >= 0.3 is 0 Å². The molecule has 2 amide bonds. The van der Waals surface area contributed by atoms with Crippen LogP contribution in [0.1, 0.15) is 17.9 Å². The molecule has 0 radical (unpaired) electrons. The minimum absolute atomic E-state index is 0.0618. The van der Waals surface area contributed by atoms with Crippen molar-refractivity contribution in [2.75, 3.05) is 50.8 Å². The highest BCUT2D eigenvalue weighted by Crippen LogP contribution is 2.32. The van der Waals surface area contributed by atoms with Crippen molar-refractivity contribution < 1.29 is 18.7 Å². The molecule has 2 saturated heterocycles. The predicted octanol–water partition coefficient (Wildman–Crippen LogP) is 4.19. The van der Waals surface area contributed by atoms with Crippen molar-refractivity contribution in [1.29, 1.82) is 0 Å². The van der Waals surface area contributed by atoms with Crippen LogP contribution in [0.15, 0.2) is 84.9 Å². The van der Waals surface area contributed by atoms with Gasteiger partial charge in [-0.2, -0.15) is 0 Å². The summed E-state index contributed by atoms with van der Waals surface area (Å²) in [7, 11) is 0. The zero-order valence-corrected chi connectivity index (χ0v) is 20.8. The molecule has 3 aromatic rings. The molecule has 192 valence electrons. The summed E-state index contributed by atoms with van der Waals surface area (Å²) in [6.07, 6.45) is 0.694. The summed E-state index contributed by atoms with van der Waals surface area (Å²) in [5.74, 6) is 0.131. The Balaban J connectivity index is 1.26. The maximum Gasteiger partial charge on any atom is 0.260 e. The fraction of sp³-hybridized carbons (Fsp3) is 0.333. The fourth-order valence-corrected chi connectivity index (χ4v) is 5.34. The van der Waals surface area contributed by atoms with E-state index in [9.17, 15) is 14.0 Å². The summed E-state index contributed by atoms with van der Waals surface area (Å²) in [5.41, 5.74) is 1.71. The second kappa shape index (κ2) is 11.5. The van der Waals surface area contributed by atoms with E-state index in [1.807, 2.05) is 64.4 Å². The summed E-state index contributed by atoms with van der Waals surface area (Å²) < 4.78 is 20.0. The molecule has 2 fully saturated rings. The Bertz CT molecular complexity index is 1200. The molecule has 7 heteroatoms. The van der Waals surface area contributed by atoms with Crippen LogP contribution >= 0.6 is 0 Å². The summed E-state index contributed by atoms with van der Waals surface area (Å²) in [6, 6.07) is 26.1. The normalized spacial score (nSPS) is 20.0. The average molecular weight is 502 g/mol. The number of anilines is 1. The van der Waals surface area contributed by atoms with E-state index in [0.29, 0.717) is 57.1 Å². The zero-order chi connectivity index (χ0) is 25.6. The van der Waals surface area contributed by atoms with Crippen LogP contribution in [-0.2, 0) is 9.59 Å². The number of hydrogen-bond acceptors (Lipinski definition) is 4. The lowest BCUT2D eigenvalue weighted by Crippen LogP contribution is -2.54. The third-order valence-corrected chi connectivity index (χ3v) is 7.31. The lowest BCUT2D eigenvalue weighted by molar-refractivity contribution is -0.142. The standard InChI is InChI=1S/C30H32FN3O3/c31-27-13-7-8-14-28(27)32-15-17-33(18-16-32)30(36)25-19-24(23-9-3-1-4-10-23)20-34(21-25)29(35)22-37-26-11-5-2-6-12-26/h1-14,24-25H,15-22H2. The molecule has 0 spiro atoms. The van der Waals surface area contributed by atoms with Crippen LogP contribution in [0.4, 0.5) is 10.1 Å². The van der Waals surface area contributed by atoms with Crippen molar-refractivity contribution in [3.8, 4) is 5.75 Å². The Labute approximate surface area is 217 Å². The van der Waals surface area contributed by atoms with E-state index >= 15 is 0 Å². The van der Waals surface area contributed by atoms with Gasteiger partial charge in [0, 0.05) is 45.2 Å². The van der Waals surface area contributed by atoms with Crippen LogP contribution in [0, 0.1) is 11.7 Å². The van der Waals surface area contributed by atoms with E-state index in [4.69, 9.17) is 4.74 Å². The molecule has 6 nitrogen and oxygen atoms in total. The van der Waals surface area contributed by atoms with Crippen LogP contribution in [0.2, 0.25) is 0 Å². The first-order valence-electron chi connectivity index (χ1n) is 12.9. The van der Waals surface area contributed by atoms with Crippen LogP contribution in [0.5, 0.6) is 5.75 Å². The van der Waals surface area contributed by atoms with Gasteiger partial charge in [-0.1, -0.05) is 60.7 Å². The lowest BCUT2D eigenvalue weighted by atomic mass is 9.83. The summed E-state index contributed by atoms with van der Waals surface area (Å²) in [6.45, 7) is 3.10. The molecule has 2 aliphatic rings. The summed E-state index contributed by atoms with van der Waals surface area (Å²) >= 11 is 0. The van der Waals surface area contributed by atoms with Gasteiger partial charge in [0.1, 0.15) is 11.6 Å². The average Bonchev–Trinajstić information content (AvgIpc) is 2.96. The summed E-state index contributed by atoms with van der Waals surface area (Å²) in [5, 5.41) is 0. The number of rotatable bonds is 6. The minimum Gasteiger partial charge on any atom is -0.484 e. The molecule has 0 N–H and O–H groups in total. The van der Waals surface area contributed by atoms with E-state index in [-0.39, 0.29) is 36.1 Å². The SMILES string of the molecule is O=C(COc1ccccc1)N1CC(C(=O)N2CCN(c3ccccc3F)CC2)CC(c2ccccc2)C1. The Morgan fingerprint density at radius 1 is 0.784 bits per heavy atom. The van der Waals surface area contributed by atoms with Crippen molar-refractivity contribution in [2.45, 2.75) is 12.3 Å². The van der Waals surface area contributed by atoms with Gasteiger partial charge < -0.3 is 19.4 Å². The minimum atomic E-state index is -0.292. The van der Waals surface area contributed by atoms with Crippen molar-refractivity contribution in [3.63, 3.8) is 0 Å². The van der Waals surface area contributed by atoms with Crippen molar-refractivity contribution in [2.24, 2.45) is 5.92 Å². The van der Waals surface area contributed by atoms with Gasteiger partial charge in [-0.25, -0.2) is 4.39 Å². The van der Waals surface area contributed by atoms with Gasteiger partial charge in [0.2, 0.25) is 5.91 Å². The Kier molecular flexibility index (Phi) is 7.68. The van der Waals surface area contributed by atoms with Gasteiger partial charge in [0.15, 0.2) is 6.61 Å². The highest BCUT2D eigenvalue weighted by atomic mass is 19.1. The topological polar surface area (TPSA) is 53.1 Å². The van der Waals surface area contributed by atoms with Crippen molar-refractivity contribution in [1.82, 2.24) is 9.80 Å². The van der Waals surface area contributed by atoms with Gasteiger partial charge in [-0.05, 0) is 36.2 Å². The number of para-hydroxylation sites is 2. The number of ether oxygens (including phenoxy) is 1. The van der Waals surface area contributed by atoms with E-state index < -0.39 is 0 Å². The number of carbonyl (C=O) groups is 2. The largest absolute Gasteiger partial charge is 0.484 e. The molecule has 0 aromatic heterocycles. The molecule has 37 heavy (non-hydrogen) atoms. The van der Waals surface area contributed by atoms with Gasteiger partial charge in [0.05, 0.1) is 11.6 Å². The highest BCUT2D eigenvalue weighted by molar-refractivity contribution is 5.82. The molecule has 3 aromatic carbocycles. The first-order valence-corrected chi connectivity index (χ1v) is 12.9. The van der Waals surface area contributed by atoms with Crippen LogP contribution in [-0.4, -0.2) is 67.5 Å². The summed E-state index contributed by atoms with van der Waals surface area (Å²) in [4.78, 5) is 32.5. The second-order valence-corrected chi connectivity index (χ2v) is 9.70. The molecule has 2 atom stereocenters. The van der Waals surface area contributed by atoms with E-state index in [2.05, 4.69) is 12.1 Å². The van der Waals surface area contributed by atoms with Crippen LogP contribution < -0.4 is 9.64 Å². The molecule has 2 unspecified atom stereocenters. The van der Waals surface area contributed by atoms with Gasteiger partial charge in [-0.3, -0.25) is 9.59 Å². The van der Waals surface area contributed by atoms with Crippen molar-refractivity contribution >= 4 is 17.5 Å². The smallest absolute Gasteiger partial charge is 0.260 e. The van der Waals surface area contributed by atoms with Crippen LogP contribution in [0.25, 0.3) is 0 Å². The first-order chi connectivity index (χ1) is 18.1. The van der Waals surface area contributed by atoms with Crippen molar-refractivity contribution in [3.05, 3.63) is 96.3 Å². The Morgan fingerprint density at radius 3 is 2.14 bits per heavy atom. The third kappa shape index (κ3) is 5.93. The number of piperazine rings is 1. The molecular weight excluding hydrogens is 469 g/mol. The number of likely N-dealkylation sites (tertiary alicyclic amines) is 1. The van der Waals surface area contributed by atoms with E-state index in [1.54, 1.807) is 17.0 Å². The number of nitrogens with zero attached hydrogens (tertiary/aromatic N) is 3. The number of amides is 2. The number of benzene rings is 3. The maximum absolute atomic E-state index is 14.2. The monoisotopic (exact) mass is 501 g/mol. The molecule has 0 saturated carbocycles. The molecule has 2 heterocycles. The van der Waals surface area contributed by atoms with E-state index in [1.165, 1.54) is 6.07 Å². The quantitative estimate of drug-likeness (QED) is 0.509. The lowest BCUT2D eigenvalue weighted by Gasteiger charge is -2.41. The molecule has 2 aliphatic heterocycles. The number of hydrogen-bond donors (Lipinski definition) is 0. The van der Waals surface area contributed by atoms with Crippen LogP contribution in [0.3, 0.4) is 0 Å². The van der Waals surface area contributed by atoms with Gasteiger partial charge in [-0.15, -0.1) is 0 Å². The first kappa shape index (κ1) is 24.8. The third-order valence-electron chi connectivity index (χ3n) is 7.31. The van der Waals surface area contributed by atoms with Gasteiger partial charge in [0.25, 0.3) is 5.91 Å². The molecule has 5 rings (SSSR count). The molecule has 0 aliphatic carbocycles. The predicted molar refractivity (Wildman–Crippen MR) is 141 cm³/mol. The Morgan fingerprint density at radius 2 is 1.43 bits per heavy atom. The number of piperidine rings is 1. The number of carbonyl (C=O) groups excluding carboxylic acids is 2. The number of halogens is 1. The Hall–Kier alpha value is -3.87. The fourth-order valence-electron chi connectivity index (χ4n) is 5.34. The zero-order valence-electron chi connectivity index (χ0n) is 20.8.